The Labute approximate surface area is 185 Å². The Hall–Kier alpha value is -0.0800. The van der Waals surface area contributed by atoms with Crippen molar-refractivity contribution in [2.75, 3.05) is 26.2 Å². The van der Waals surface area contributed by atoms with Crippen molar-refractivity contribution >= 4 is 0 Å². The molecule has 0 heterocycles. The fraction of sp³-hybridized carbons (Fsp3) is 1.00. The van der Waals surface area contributed by atoms with E-state index in [1.807, 2.05) is 0 Å². The molecule has 0 fully saturated rings. The van der Waals surface area contributed by atoms with Gasteiger partial charge < -0.3 is 10.6 Å². The molecule has 0 saturated heterocycles. The van der Waals surface area contributed by atoms with Crippen LogP contribution in [0.3, 0.4) is 0 Å². The smallest absolute Gasteiger partial charge is 0.00232 e. The predicted octanol–water partition coefficient (Wildman–Crippen LogP) is 8.11. The lowest BCUT2D eigenvalue weighted by atomic mass is 9.99. The molecule has 0 saturated carbocycles. The first kappa shape index (κ1) is 28.9. The Morgan fingerprint density at radius 2 is 0.793 bits per heavy atom. The summed E-state index contributed by atoms with van der Waals surface area (Å²) in [6.45, 7) is 14.3. The molecule has 0 amide bonds. The highest BCUT2D eigenvalue weighted by Gasteiger charge is 2.04. The number of nitrogens with one attached hydrogen (secondary N) is 2. The fourth-order valence-electron chi connectivity index (χ4n) is 4.12. The van der Waals surface area contributed by atoms with Gasteiger partial charge in [-0.2, -0.15) is 0 Å². The van der Waals surface area contributed by atoms with E-state index < -0.39 is 0 Å². The zero-order valence-electron chi connectivity index (χ0n) is 21.0. The van der Waals surface area contributed by atoms with Crippen molar-refractivity contribution in [1.29, 1.82) is 0 Å². The van der Waals surface area contributed by atoms with E-state index in [0.717, 1.165) is 11.8 Å². The minimum absolute atomic E-state index is 0.839. The van der Waals surface area contributed by atoms with Gasteiger partial charge >= 0.3 is 0 Å². The van der Waals surface area contributed by atoms with Gasteiger partial charge in [-0.3, -0.25) is 0 Å². The fourth-order valence-corrected chi connectivity index (χ4v) is 4.12. The molecule has 176 valence electrons. The van der Waals surface area contributed by atoms with Crippen LogP contribution < -0.4 is 10.6 Å². The average Bonchev–Trinajstić information content (AvgIpc) is 2.71. The summed E-state index contributed by atoms with van der Waals surface area (Å²) >= 11 is 0. The van der Waals surface area contributed by atoms with E-state index in [9.17, 15) is 0 Å². The molecule has 0 spiro atoms. The van der Waals surface area contributed by atoms with Gasteiger partial charge in [0.1, 0.15) is 0 Å². The second-order valence-electron chi connectivity index (χ2n) is 9.79. The summed E-state index contributed by atoms with van der Waals surface area (Å²) in [4.78, 5) is 0. The van der Waals surface area contributed by atoms with E-state index in [4.69, 9.17) is 0 Å². The summed E-state index contributed by atoms with van der Waals surface area (Å²) in [5.41, 5.74) is 0. The number of rotatable bonds is 24. The molecule has 0 bridgehead atoms. The molecular formula is C27H58N2. The Kier molecular flexibility index (Phi) is 24.1. The topological polar surface area (TPSA) is 24.1 Å². The van der Waals surface area contributed by atoms with Gasteiger partial charge in [-0.15, -0.1) is 0 Å². The summed E-state index contributed by atoms with van der Waals surface area (Å²) < 4.78 is 0. The lowest BCUT2D eigenvalue weighted by Gasteiger charge is -2.14. The molecule has 0 aliphatic heterocycles. The second-order valence-corrected chi connectivity index (χ2v) is 9.79. The molecule has 0 rings (SSSR count). The zero-order valence-corrected chi connectivity index (χ0v) is 21.0. The zero-order chi connectivity index (χ0) is 21.4. The molecule has 2 nitrogen and oxygen atoms in total. The first-order chi connectivity index (χ1) is 14.2. The van der Waals surface area contributed by atoms with Crippen LogP contribution in [0.25, 0.3) is 0 Å². The minimum atomic E-state index is 0.839. The van der Waals surface area contributed by atoms with Gasteiger partial charge in [-0.1, -0.05) is 111 Å². The Morgan fingerprint density at radius 3 is 1.21 bits per heavy atom. The second kappa shape index (κ2) is 24.2. The van der Waals surface area contributed by atoms with Crippen LogP contribution in [0.2, 0.25) is 0 Å². The number of hydrogen-bond acceptors (Lipinski definition) is 2. The maximum absolute atomic E-state index is 3.67. The number of hydrogen-bond donors (Lipinski definition) is 2. The molecule has 0 aromatic rings. The molecule has 0 aromatic carbocycles. The quantitative estimate of drug-likeness (QED) is 0.157. The maximum atomic E-state index is 3.67. The lowest BCUT2D eigenvalue weighted by Crippen LogP contribution is -2.22. The van der Waals surface area contributed by atoms with E-state index in [1.165, 1.54) is 135 Å². The van der Waals surface area contributed by atoms with Gasteiger partial charge in [0.2, 0.25) is 0 Å². The third kappa shape index (κ3) is 24.1. The molecule has 0 radical (unpaired) electrons. The molecule has 0 aliphatic carbocycles. The first-order valence-electron chi connectivity index (χ1n) is 13.6. The Morgan fingerprint density at radius 1 is 0.448 bits per heavy atom. The molecule has 2 unspecified atom stereocenters. The van der Waals surface area contributed by atoms with Crippen molar-refractivity contribution in [3.05, 3.63) is 0 Å². The van der Waals surface area contributed by atoms with Gasteiger partial charge in [0.15, 0.2) is 0 Å². The normalized spacial score (nSPS) is 13.7. The van der Waals surface area contributed by atoms with E-state index in [-0.39, 0.29) is 0 Å². The first-order valence-corrected chi connectivity index (χ1v) is 13.6. The summed E-state index contributed by atoms with van der Waals surface area (Å²) in [5.74, 6) is 1.68. The molecule has 0 aromatic heterocycles. The van der Waals surface area contributed by atoms with Crippen LogP contribution in [-0.2, 0) is 0 Å². The SMILES string of the molecule is CCCCCCCCNCC(C)CCCCCC(C)CNCCCCCCCC. The van der Waals surface area contributed by atoms with Crippen molar-refractivity contribution in [3.8, 4) is 0 Å². The molecule has 29 heavy (non-hydrogen) atoms. The standard InChI is InChI=1S/C27H58N2/c1-5-7-9-11-13-18-22-28-24-26(3)20-16-15-17-21-27(4)25-29-23-19-14-12-10-8-6-2/h26-29H,5-25H2,1-4H3. The molecule has 2 atom stereocenters. The van der Waals surface area contributed by atoms with Crippen molar-refractivity contribution in [3.63, 3.8) is 0 Å². The minimum Gasteiger partial charge on any atom is -0.316 e. The highest BCUT2D eigenvalue weighted by molar-refractivity contribution is 4.61. The van der Waals surface area contributed by atoms with Gasteiger partial charge in [0.05, 0.1) is 0 Å². The van der Waals surface area contributed by atoms with Crippen molar-refractivity contribution in [1.82, 2.24) is 10.6 Å². The monoisotopic (exact) mass is 410 g/mol. The van der Waals surface area contributed by atoms with Crippen LogP contribution >= 0.6 is 0 Å². The van der Waals surface area contributed by atoms with Crippen LogP contribution in [-0.4, -0.2) is 26.2 Å². The van der Waals surface area contributed by atoms with Gasteiger partial charge in [-0.25, -0.2) is 0 Å². The van der Waals surface area contributed by atoms with Crippen LogP contribution in [0.4, 0.5) is 0 Å². The predicted molar refractivity (Wildman–Crippen MR) is 134 cm³/mol. The molecule has 2 N–H and O–H groups in total. The number of unbranched alkanes of at least 4 members (excludes halogenated alkanes) is 12. The highest BCUT2D eigenvalue weighted by Crippen LogP contribution is 2.13. The van der Waals surface area contributed by atoms with Gasteiger partial charge in [0.25, 0.3) is 0 Å². The van der Waals surface area contributed by atoms with E-state index >= 15 is 0 Å². The summed E-state index contributed by atoms with van der Waals surface area (Å²) in [5, 5.41) is 7.35. The van der Waals surface area contributed by atoms with E-state index in [2.05, 4.69) is 38.3 Å². The largest absolute Gasteiger partial charge is 0.316 e. The summed E-state index contributed by atoms with van der Waals surface area (Å²) in [6.07, 6.45) is 23.8. The Bertz CT molecular complexity index is 264. The van der Waals surface area contributed by atoms with E-state index in [0.29, 0.717) is 0 Å². The molecule has 0 aliphatic rings. The van der Waals surface area contributed by atoms with Crippen LogP contribution in [0.1, 0.15) is 137 Å². The van der Waals surface area contributed by atoms with Crippen LogP contribution in [0, 0.1) is 11.8 Å². The van der Waals surface area contributed by atoms with Crippen LogP contribution in [0.5, 0.6) is 0 Å². The summed E-state index contributed by atoms with van der Waals surface area (Å²) in [7, 11) is 0. The van der Waals surface area contributed by atoms with Crippen molar-refractivity contribution < 1.29 is 0 Å². The van der Waals surface area contributed by atoms with Crippen molar-refractivity contribution in [2.45, 2.75) is 137 Å². The third-order valence-electron chi connectivity index (χ3n) is 6.29. The highest BCUT2D eigenvalue weighted by atomic mass is 14.9. The average molecular weight is 411 g/mol. The van der Waals surface area contributed by atoms with Gasteiger partial charge in [-0.05, 0) is 63.7 Å². The Balaban J connectivity index is 3.27. The van der Waals surface area contributed by atoms with Gasteiger partial charge in [0, 0.05) is 0 Å². The van der Waals surface area contributed by atoms with Crippen molar-refractivity contribution in [2.24, 2.45) is 11.8 Å². The lowest BCUT2D eigenvalue weighted by molar-refractivity contribution is 0.421. The maximum Gasteiger partial charge on any atom is -0.00232 e. The summed E-state index contributed by atoms with van der Waals surface area (Å²) in [6, 6.07) is 0. The third-order valence-corrected chi connectivity index (χ3v) is 6.29. The molecular weight excluding hydrogens is 352 g/mol. The van der Waals surface area contributed by atoms with Crippen LogP contribution in [0.15, 0.2) is 0 Å². The molecule has 2 heteroatoms. The van der Waals surface area contributed by atoms with E-state index in [1.54, 1.807) is 0 Å².